The number of phenols is 1. The Morgan fingerprint density at radius 1 is 0.586 bits per heavy atom. The largest absolute Gasteiger partial charge is 0.507 e. The van der Waals surface area contributed by atoms with Crippen LogP contribution in [0.2, 0.25) is 0 Å². The molecule has 4 aromatic carbocycles. The fraction of sp³-hybridized carbons (Fsp3) is 0.0400. The summed E-state index contributed by atoms with van der Waals surface area (Å²) in [7, 11) is -3.85. The van der Waals surface area contributed by atoms with Gasteiger partial charge in [-0.1, -0.05) is 78.9 Å². The highest BCUT2D eigenvalue weighted by molar-refractivity contribution is 7.91. The van der Waals surface area contributed by atoms with Crippen LogP contribution in [0.3, 0.4) is 0 Å². The van der Waals surface area contributed by atoms with Gasteiger partial charge in [0.05, 0.1) is 10.3 Å². The van der Waals surface area contributed by atoms with Gasteiger partial charge < -0.3 is 5.11 Å². The highest BCUT2D eigenvalue weighted by Gasteiger charge is 2.53. The second kappa shape index (κ2) is 5.37. The minimum atomic E-state index is -3.85. The Labute approximate surface area is 168 Å². The topological polar surface area (TPSA) is 54.4 Å². The summed E-state index contributed by atoms with van der Waals surface area (Å²) >= 11 is 0. The van der Waals surface area contributed by atoms with Gasteiger partial charge in [-0.2, -0.15) is 0 Å². The molecule has 0 bridgehead atoms. The molecule has 4 heteroatoms. The van der Waals surface area contributed by atoms with Crippen molar-refractivity contribution in [1.29, 1.82) is 0 Å². The maximum atomic E-state index is 13.5. The Morgan fingerprint density at radius 3 is 1.76 bits per heavy atom. The quantitative estimate of drug-likeness (QED) is 0.397. The number of aromatic hydroxyl groups is 1. The molecular weight excluding hydrogens is 380 g/mol. The second-order valence-electron chi connectivity index (χ2n) is 7.49. The van der Waals surface area contributed by atoms with Crippen LogP contribution in [0.25, 0.3) is 11.1 Å². The zero-order valence-corrected chi connectivity index (χ0v) is 16.1. The Morgan fingerprint density at radius 2 is 1.10 bits per heavy atom. The first-order valence-electron chi connectivity index (χ1n) is 9.44. The van der Waals surface area contributed by atoms with Gasteiger partial charge in [0.15, 0.2) is 0 Å². The maximum absolute atomic E-state index is 13.5. The van der Waals surface area contributed by atoms with Crippen molar-refractivity contribution in [3.8, 4) is 16.9 Å². The van der Waals surface area contributed by atoms with Crippen LogP contribution in [0.5, 0.6) is 5.75 Å². The number of rotatable bonds is 0. The molecule has 1 N–H and O–H groups in total. The molecule has 0 fully saturated rings. The zero-order valence-electron chi connectivity index (χ0n) is 15.3. The molecule has 0 unspecified atom stereocenters. The first-order chi connectivity index (χ1) is 14.1. The third kappa shape index (κ3) is 1.80. The van der Waals surface area contributed by atoms with Crippen LogP contribution in [-0.4, -0.2) is 13.5 Å². The highest BCUT2D eigenvalue weighted by atomic mass is 32.2. The van der Waals surface area contributed by atoms with Crippen LogP contribution in [-0.2, 0) is 15.3 Å². The van der Waals surface area contributed by atoms with E-state index in [-0.39, 0.29) is 15.5 Å². The summed E-state index contributed by atoms with van der Waals surface area (Å²) < 4.78 is 27.0. The van der Waals surface area contributed by atoms with Gasteiger partial charge in [0.1, 0.15) is 10.6 Å². The van der Waals surface area contributed by atoms with E-state index in [4.69, 9.17) is 0 Å². The molecule has 140 valence electrons. The summed E-state index contributed by atoms with van der Waals surface area (Å²) in [6.07, 6.45) is 0. The van der Waals surface area contributed by atoms with Crippen LogP contribution >= 0.6 is 0 Å². The van der Waals surface area contributed by atoms with E-state index in [1.807, 2.05) is 42.5 Å². The average molecular weight is 396 g/mol. The Bertz CT molecular complexity index is 1390. The molecule has 0 saturated carbocycles. The van der Waals surface area contributed by atoms with Gasteiger partial charge in [0, 0.05) is 0 Å². The molecule has 3 nitrogen and oxygen atoms in total. The molecule has 2 aliphatic rings. The van der Waals surface area contributed by atoms with Crippen molar-refractivity contribution < 1.29 is 13.5 Å². The van der Waals surface area contributed by atoms with Gasteiger partial charge in [-0.05, 0) is 45.5 Å². The SMILES string of the molecule is O=S1(=O)c2ccccc2C2(c3ccccc3-c3ccccc32)c2cccc(O)c21. The summed E-state index contributed by atoms with van der Waals surface area (Å²) in [6.45, 7) is 0. The maximum Gasteiger partial charge on any atom is 0.210 e. The number of phenolic OH excluding ortho intramolecular Hbond substituents is 1. The Kier molecular flexibility index (Phi) is 3.07. The van der Waals surface area contributed by atoms with Gasteiger partial charge in [-0.25, -0.2) is 8.42 Å². The van der Waals surface area contributed by atoms with E-state index in [1.165, 1.54) is 6.07 Å². The highest BCUT2D eigenvalue weighted by Crippen LogP contribution is 2.61. The minimum absolute atomic E-state index is 0.00482. The molecule has 0 amide bonds. The van der Waals surface area contributed by atoms with Crippen molar-refractivity contribution in [3.05, 3.63) is 113 Å². The van der Waals surface area contributed by atoms with Crippen LogP contribution in [0.4, 0.5) is 0 Å². The van der Waals surface area contributed by atoms with Gasteiger partial charge >= 0.3 is 0 Å². The molecule has 0 atom stereocenters. The lowest BCUT2D eigenvalue weighted by Crippen LogP contribution is -2.35. The lowest BCUT2D eigenvalue weighted by atomic mass is 9.67. The van der Waals surface area contributed by atoms with Crippen molar-refractivity contribution >= 4 is 9.84 Å². The van der Waals surface area contributed by atoms with E-state index < -0.39 is 15.3 Å². The molecule has 1 aliphatic heterocycles. The molecule has 29 heavy (non-hydrogen) atoms. The fourth-order valence-electron chi connectivity index (χ4n) is 5.18. The Hall–Kier alpha value is -3.37. The summed E-state index contributed by atoms with van der Waals surface area (Å²) in [5, 5.41) is 10.7. The molecule has 4 aromatic rings. The lowest BCUT2D eigenvalue weighted by molar-refractivity contribution is 0.453. The number of sulfone groups is 1. The van der Waals surface area contributed by atoms with Gasteiger partial charge in [-0.3, -0.25) is 0 Å². The second-order valence-corrected chi connectivity index (χ2v) is 9.35. The monoisotopic (exact) mass is 396 g/mol. The molecule has 1 aliphatic carbocycles. The number of hydrogen-bond donors (Lipinski definition) is 1. The number of fused-ring (bicyclic) bond motifs is 9. The van der Waals surface area contributed by atoms with E-state index >= 15 is 0 Å². The minimum Gasteiger partial charge on any atom is -0.507 e. The van der Waals surface area contributed by atoms with E-state index in [1.54, 1.807) is 18.2 Å². The number of hydrogen-bond acceptors (Lipinski definition) is 3. The van der Waals surface area contributed by atoms with Crippen LogP contribution < -0.4 is 0 Å². The predicted molar refractivity (Wildman–Crippen MR) is 111 cm³/mol. The summed E-state index contributed by atoms with van der Waals surface area (Å²) in [5.74, 6) is -0.210. The zero-order chi connectivity index (χ0) is 19.8. The standard InChI is InChI=1S/C25H16O3S/c26-22-14-7-13-21-24(22)29(27,28)23-15-6-5-12-20(23)25(21)18-10-3-1-8-16(18)17-9-2-4-11-19(17)25/h1-15,26H. The smallest absolute Gasteiger partial charge is 0.210 e. The summed E-state index contributed by atoms with van der Waals surface area (Å²) in [4.78, 5) is 0.255. The molecular formula is C25H16O3S. The van der Waals surface area contributed by atoms with E-state index in [9.17, 15) is 13.5 Å². The molecule has 1 spiro atoms. The third-order valence-corrected chi connectivity index (χ3v) is 8.10. The molecule has 1 heterocycles. The fourth-order valence-corrected chi connectivity index (χ4v) is 7.03. The third-order valence-electron chi connectivity index (χ3n) is 6.20. The van der Waals surface area contributed by atoms with Crippen molar-refractivity contribution in [2.45, 2.75) is 15.2 Å². The van der Waals surface area contributed by atoms with Crippen LogP contribution in [0, 0.1) is 0 Å². The predicted octanol–water partition coefficient (Wildman–Crippen LogP) is 4.90. The first-order valence-corrected chi connectivity index (χ1v) is 10.9. The summed E-state index contributed by atoms with van der Waals surface area (Å²) in [5.41, 5.74) is 4.80. The average Bonchev–Trinajstić information content (AvgIpc) is 3.04. The Balaban J connectivity index is 1.93. The van der Waals surface area contributed by atoms with Crippen molar-refractivity contribution in [2.75, 3.05) is 0 Å². The molecule has 0 aromatic heterocycles. The molecule has 6 rings (SSSR count). The molecule has 0 saturated heterocycles. The van der Waals surface area contributed by atoms with E-state index in [0.717, 1.165) is 27.8 Å². The van der Waals surface area contributed by atoms with E-state index in [2.05, 4.69) is 24.3 Å². The normalized spacial score (nSPS) is 16.6. The number of benzene rings is 4. The van der Waals surface area contributed by atoms with Crippen molar-refractivity contribution in [2.24, 2.45) is 0 Å². The van der Waals surface area contributed by atoms with Crippen molar-refractivity contribution in [3.63, 3.8) is 0 Å². The van der Waals surface area contributed by atoms with Gasteiger partial charge in [-0.15, -0.1) is 0 Å². The van der Waals surface area contributed by atoms with Gasteiger partial charge in [0.2, 0.25) is 9.84 Å². The molecule has 0 radical (unpaired) electrons. The van der Waals surface area contributed by atoms with Crippen LogP contribution in [0.1, 0.15) is 22.3 Å². The lowest BCUT2D eigenvalue weighted by Gasteiger charge is -2.39. The van der Waals surface area contributed by atoms with Crippen LogP contribution in [0.15, 0.2) is 101 Å². The summed E-state index contributed by atoms with van der Waals surface area (Å²) in [6, 6.07) is 28.5. The first kappa shape index (κ1) is 16.6. The van der Waals surface area contributed by atoms with E-state index in [0.29, 0.717) is 5.56 Å². The van der Waals surface area contributed by atoms with Crippen molar-refractivity contribution in [1.82, 2.24) is 0 Å². The van der Waals surface area contributed by atoms with Gasteiger partial charge in [0.25, 0.3) is 0 Å².